The molecule has 2 N–H and O–H groups in total. The van der Waals surface area contributed by atoms with Gasteiger partial charge in [-0.15, -0.1) is 0 Å². The average Bonchev–Trinajstić information content (AvgIpc) is 2.38. The molecule has 110 valence electrons. The van der Waals surface area contributed by atoms with Gasteiger partial charge in [-0.25, -0.2) is 13.6 Å². The number of halogens is 2. The molecule has 4 nitrogen and oxygen atoms in total. The molecule has 0 aliphatic heterocycles. The van der Waals surface area contributed by atoms with Gasteiger partial charge in [-0.3, -0.25) is 0 Å². The zero-order valence-corrected chi connectivity index (χ0v) is 11.5. The van der Waals surface area contributed by atoms with Crippen molar-refractivity contribution >= 4 is 11.7 Å². The Morgan fingerprint density at radius 3 is 2.55 bits per heavy atom. The maximum absolute atomic E-state index is 13.8. The van der Waals surface area contributed by atoms with E-state index < -0.39 is 23.2 Å². The van der Waals surface area contributed by atoms with E-state index in [-0.39, 0.29) is 23.2 Å². The van der Waals surface area contributed by atoms with E-state index in [9.17, 15) is 13.6 Å². The highest BCUT2D eigenvalue weighted by molar-refractivity contribution is 5.88. The molecule has 0 bridgehead atoms. The lowest BCUT2D eigenvalue weighted by Gasteiger charge is -2.51. The third kappa shape index (κ3) is 2.24. The van der Waals surface area contributed by atoms with Crippen molar-refractivity contribution < 1.29 is 23.4 Å². The van der Waals surface area contributed by atoms with E-state index in [0.717, 1.165) is 6.07 Å². The van der Waals surface area contributed by atoms with Crippen molar-refractivity contribution in [3.63, 3.8) is 0 Å². The minimum absolute atomic E-state index is 0.0277. The molecule has 1 aliphatic carbocycles. The lowest BCUT2D eigenvalue weighted by Crippen LogP contribution is -2.57. The summed E-state index contributed by atoms with van der Waals surface area (Å²) in [5, 5.41) is 11.6. The molecule has 1 aliphatic rings. The molecule has 2 unspecified atom stereocenters. The van der Waals surface area contributed by atoms with Crippen LogP contribution in [0.4, 0.5) is 14.5 Å². The number of carboxylic acids is 1. The number of rotatable bonds is 4. The SMILES string of the molecule is COC1CC(Nc2ccc(C(=O)O)c(F)c2F)C1(C)C. The second-order valence-electron chi connectivity index (χ2n) is 5.57. The predicted molar refractivity (Wildman–Crippen MR) is 69.9 cm³/mol. The van der Waals surface area contributed by atoms with Crippen LogP contribution in [-0.4, -0.2) is 30.3 Å². The first-order chi connectivity index (χ1) is 9.28. The second kappa shape index (κ2) is 5.01. The minimum Gasteiger partial charge on any atom is -0.478 e. The van der Waals surface area contributed by atoms with E-state index >= 15 is 0 Å². The smallest absolute Gasteiger partial charge is 0.338 e. The molecule has 0 aromatic heterocycles. The minimum atomic E-state index is -1.49. The van der Waals surface area contributed by atoms with Gasteiger partial charge in [0.25, 0.3) is 0 Å². The van der Waals surface area contributed by atoms with E-state index in [1.165, 1.54) is 6.07 Å². The molecule has 1 aromatic carbocycles. The quantitative estimate of drug-likeness (QED) is 0.893. The lowest BCUT2D eigenvalue weighted by atomic mass is 9.64. The molecule has 2 atom stereocenters. The average molecular weight is 285 g/mol. The Bertz CT molecular complexity index is 545. The van der Waals surface area contributed by atoms with Gasteiger partial charge in [-0.2, -0.15) is 0 Å². The first kappa shape index (κ1) is 14.7. The number of aromatic carboxylic acids is 1. The summed E-state index contributed by atoms with van der Waals surface area (Å²) < 4.78 is 32.7. The number of hydrogen-bond acceptors (Lipinski definition) is 3. The molecule has 6 heteroatoms. The number of methoxy groups -OCH3 is 1. The van der Waals surface area contributed by atoms with Crippen LogP contribution >= 0.6 is 0 Å². The lowest BCUT2D eigenvalue weighted by molar-refractivity contribution is -0.0795. The third-order valence-corrected chi connectivity index (χ3v) is 4.10. The number of carboxylic acid groups (broad SMARTS) is 1. The predicted octanol–water partition coefficient (Wildman–Crippen LogP) is 2.89. The Morgan fingerprint density at radius 1 is 1.40 bits per heavy atom. The van der Waals surface area contributed by atoms with Gasteiger partial charge in [0.2, 0.25) is 0 Å². The number of nitrogens with one attached hydrogen (secondary N) is 1. The first-order valence-corrected chi connectivity index (χ1v) is 6.29. The van der Waals surface area contributed by atoms with Crippen molar-refractivity contribution in [2.75, 3.05) is 12.4 Å². The zero-order chi connectivity index (χ0) is 15.1. The molecular formula is C14H17F2NO3. The Balaban J connectivity index is 2.20. The van der Waals surface area contributed by atoms with Crippen LogP contribution in [0.25, 0.3) is 0 Å². The Labute approximate surface area is 115 Å². The highest BCUT2D eigenvalue weighted by atomic mass is 19.2. The van der Waals surface area contributed by atoms with Crippen molar-refractivity contribution in [2.45, 2.75) is 32.4 Å². The van der Waals surface area contributed by atoms with E-state index in [4.69, 9.17) is 9.84 Å². The highest BCUT2D eigenvalue weighted by Gasteiger charge is 2.48. The molecule has 1 fully saturated rings. The van der Waals surface area contributed by atoms with Crippen LogP contribution in [0.2, 0.25) is 0 Å². The maximum Gasteiger partial charge on any atom is 0.338 e. The van der Waals surface area contributed by atoms with Crippen molar-refractivity contribution in [2.24, 2.45) is 5.41 Å². The van der Waals surface area contributed by atoms with Crippen molar-refractivity contribution in [1.29, 1.82) is 0 Å². The summed E-state index contributed by atoms with van der Waals surface area (Å²) in [7, 11) is 1.62. The summed E-state index contributed by atoms with van der Waals surface area (Å²) >= 11 is 0. The Kier molecular flexibility index (Phi) is 3.69. The summed E-state index contributed by atoms with van der Waals surface area (Å²) in [6, 6.07) is 2.25. The third-order valence-electron chi connectivity index (χ3n) is 4.10. The van der Waals surface area contributed by atoms with Crippen LogP contribution < -0.4 is 5.32 Å². The van der Waals surface area contributed by atoms with Gasteiger partial charge in [0.15, 0.2) is 11.6 Å². The summed E-state index contributed by atoms with van der Waals surface area (Å²) in [5.74, 6) is -4.00. The summed E-state index contributed by atoms with van der Waals surface area (Å²) in [4.78, 5) is 10.7. The van der Waals surface area contributed by atoms with E-state index in [0.29, 0.717) is 6.42 Å². The van der Waals surface area contributed by atoms with Crippen LogP contribution in [0.5, 0.6) is 0 Å². The van der Waals surface area contributed by atoms with Crippen LogP contribution in [0.15, 0.2) is 12.1 Å². The fraction of sp³-hybridized carbons (Fsp3) is 0.500. The molecule has 0 saturated heterocycles. The summed E-state index contributed by atoms with van der Waals surface area (Å²) in [6.07, 6.45) is 0.747. The first-order valence-electron chi connectivity index (χ1n) is 6.29. The van der Waals surface area contributed by atoms with Gasteiger partial charge in [0.05, 0.1) is 17.4 Å². The topological polar surface area (TPSA) is 58.6 Å². The normalized spacial score (nSPS) is 24.1. The molecule has 0 radical (unpaired) electrons. The number of carbonyl (C=O) groups is 1. The number of hydrogen-bond donors (Lipinski definition) is 2. The number of ether oxygens (including phenoxy) is 1. The van der Waals surface area contributed by atoms with Gasteiger partial charge in [-0.05, 0) is 18.6 Å². The molecule has 0 spiro atoms. The number of benzene rings is 1. The summed E-state index contributed by atoms with van der Waals surface area (Å²) in [6.45, 7) is 3.95. The van der Waals surface area contributed by atoms with E-state index in [1.807, 2.05) is 13.8 Å². The molecule has 1 saturated carbocycles. The maximum atomic E-state index is 13.8. The largest absolute Gasteiger partial charge is 0.478 e. The van der Waals surface area contributed by atoms with E-state index in [1.54, 1.807) is 7.11 Å². The highest BCUT2D eigenvalue weighted by Crippen LogP contribution is 2.44. The van der Waals surface area contributed by atoms with Gasteiger partial charge < -0.3 is 15.2 Å². The van der Waals surface area contributed by atoms with Crippen molar-refractivity contribution in [3.8, 4) is 0 Å². The van der Waals surface area contributed by atoms with Crippen LogP contribution in [0.1, 0.15) is 30.6 Å². The Morgan fingerprint density at radius 2 is 2.05 bits per heavy atom. The van der Waals surface area contributed by atoms with Crippen molar-refractivity contribution in [3.05, 3.63) is 29.3 Å². The monoisotopic (exact) mass is 285 g/mol. The van der Waals surface area contributed by atoms with Gasteiger partial charge in [0.1, 0.15) is 0 Å². The molecule has 0 amide bonds. The molecule has 0 heterocycles. The zero-order valence-electron chi connectivity index (χ0n) is 11.5. The van der Waals surface area contributed by atoms with Gasteiger partial charge in [0, 0.05) is 18.6 Å². The Hall–Kier alpha value is -1.69. The van der Waals surface area contributed by atoms with Gasteiger partial charge in [-0.1, -0.05) is 13.8 Å². The van der Waals surface area contributed by atoms with Crippen molar-refractivity contribution in [1.82, 2.24) is 0 Å². The van der Waals surface area contributed by atoms with Gasteiger partial charge >= 0.3 is 5.97 Å². The second-order valence-corrected chi connectivity index (χ2v) is 5.57. The standard InChI is InChI=1S/C14H17F2NO3/c1-14(2)9(6-10(14)20-3)17-8-5-4-7(13(18)19)11(15)12(8)16/h4-5,9-10,17H,6H2,1-3H3,(H,18,19). The molecule has 2 rings (SSSR count). The molecule has 20 heavy (non-hydrogen) atoms. The fourth-order valence-corrected chi connectivity index (χ4v) is 2.54. The fourth-order valence-electron chi connectivity index (χ4n) is 2.54. The van der Waals surface area contributed by atoms with Crippen LogP contribution in [0.3, 0.4) is 0 Å². The molecule has 1 aromatic rings. The van der Waals surface area contributed by atoms with E-state index in [2.05, 4.69) is 5.32 Å². The molecular weight excluding hydrogens is 268 g/mol. The van der Waals surface area contributed by atoms with Crippen LogP contribution in [-0.2, 0) is 4.74 Å². The number of anilines is 1. The summed E-state index contributed by atoms with van der Waals surface area (Å²) in [5.41, 5.74) is -0.904. The van der Waals surface area contributed by atoms with Crippen LogP contribution in [0, 0.1) is 17.0 Å².